The van der Waals surface area contributed by atoms with Crippen molar-refractivity contribution in [2.24, 2.45) is 0 Å². The molecule has 218 valence electrons. The molecule has 0 radical (unpaired) electrons. The van der Waals surface area contributed by atoms with E-state index in [1.807, 2.05) is 0 Å². The maximum atomic E-state index is 13.7. The molecule has 2 N–H and O–H groups in total. The molecule has 3 aliphatic heterocycles. The molecule has 4 aliphatic rings. The number of phosphoric ester groups is 1. The van der Waals surface area contributed by atoms with E-state index in [9.17, 15) is 14.8 Å². The molecule has 37 heavy (non-hydrogen) atoms. The highest BCUT2D eigenvalue weighted by atomic mass is 31.2. The summed E-state index contributed by atoms with van der Waals surface area (Å²) in [7, 11) is -3.96. The van der Waals surface area contributed by atoms with E-state index < -0.39 is 50.9 Å². The lowest BCUT2D eigenvalue weighted by atomic mass is 9.83. The predicted molar refractivity (Wildman–Crippen MR) is 140 cm³/mol. The van der Waals surface area contributed by atoms with Gasteiger partial charge in [0.15, 0.2) is 0 Å². The molecule has 3 heterocycles. The Labute approximate surface area is 223 Å². The van der Waals surface area contributed by atoms with Gasteiger partial charge in [0.25, 0.3) is 6.48 Å². The van der Waals surface area contributed by atoms with Crippen molar-refractivity contribution in [1.82, 2.24) is 0 Å². The summed E-state index contributed by atoms with van der Waals surface area (Å²) in [6, 6.07) is 0. The van der Waals surface area contributed by atoms with Crippen molar-refractivity contribution < 1.29 is 42.6 Å². The zero-order valence-corrected chi connectivity index (χ0v) is 23.9. The van der Waals surface area contributed by atoms with E-state index in [1.165, 1.54) is 64.2 Å². The van der Waals surface area contributed by atoms with E-state index >= 15 is 0 Å². The minimum atomic E-state index is -3.96. The first-order chi connectivity index (χ1) is 18.0. The molecule has 1 saturated carbocycles. The number of ether oxygens (including phenoxy) is 3. The fourth-order valence-corrected chi connectivity index (χ4v) is 6.74. The number of rotatable bonds is 22. The van der Waals surface area contributed by atoms with Crippen molar-refractivity contribution in [3.63, 3.8) is 0 Å². The molecule has 0 aromatic rings. The van der Waals surface area contributed by atoms with Crippen LogP contribution in [0.5, 0.6) is 0 Å². The first-order valence-electron chi connectivity index (χ1n) is 14.9. The van der Waals surface area contributed by atoms with E-state index in [-0.39, 0.29) is 13.2 Å². The van der Waals surface area contributed by atoms with Crippen molar-refractivity contribution in [3.05, 3.63) is 0 Å². The number of phosphoric acid groups is 1. The summed E-state index contributed by atoms with van der Waals surface area (Å²) in [6.07, 6.45) is 12.5. The Morgan fingerprint density at radius 2 is 0.973 bits per heavy atom. The highest BCUT2D eigenvalue weighted by molar-refractivity contribution is 7.48. The Hall–Kier alpha value is -0.0900. The molecule has 4 fully saturated rings. The van der Waals surface area contributed by atoms with E-state index in [0.717, 1.165) is 38.5 Å². The molecule has 0 aromatic carbocycles. The van der Waals surface area contributed by atoms with Crippen molar-refractivity contribution in [3.8, 4) is 0 Å². The minimum Gasteiger partial charge on any atom is -0.387 e. The van der Waals surface area contributed by atoms with Crippen LogP contribution >= 0.6 is 7.82 Å². The molecule has 0 amide bonds. The molecule has 0 aromatic heterocycles. The van der Waals surface area contributed by atoms with Gasteiger partial charge in [-0.1, -0.05) is 104 Å². The van der Waals surface area contributed by atoms with Gasteiger partial charge in [-0.3, -0.25) is 13.6 Å². The molecule has 0 spiro atoms. The Morgan fingerprint density at radius 1 is 0.595 bits per heavy atom. The third-order valence-electron chi connectivity index (χ3n) is 7.54. The average molecular weight is 551 g/mol. The second-order valence-electron chi connectivity index (χ2n) is 10.7. The second kappa shape index (κ2) is 16.9. The third kappa shape index (κ3) is 9.80. The average Bonchev–Trinajstić information content (AvgIpc) is 2.89. The van der Waals surface area contributed by atoms with Crippen LogP contribution in [0.15, 0.2) is 0 Å². The minimum absolute atomic E-state index is 0.257. The van der Waals surface area contributed by atoms with Gasteiger partial charge >= 0.3 is 7.82 Å². The standard InChI is InChI=1S/C27H51O9P/c1-3-5-7-9-11-13-15-17-19-31-37(30,32-20-18-16-14-12-10-8-6-4-2)36-26-24-21(28)23-22(29)25(26)35-27(33-23)34-24/h21-29H,3-20H2,1-2H3/t21-,22-,23?,24-,25+,26?,27?/m0/s1. The number of hydrogen-bond acceptors (Lipinski definition) is 9. The number of aliphatic hydroxyl groups excluding tert-OH is 2. The summed E-state index contributed by atoms with van der Waals surface area (Å²) in [5, 5.41) is 21.1. The van der Waals surface area contributed by atoms with Crippen LogP contribution in [-0.4, -0.2) is 66.5 Å². The third-order valence-corrected chi connectivity index (χ3v) is 9.04. The van der Waals surface area contributed by atoms with Crippen LogP contribution in [0, 0.1) is 0 Å². The normalized spacial score (nSPS) is 30.9. The monoisotopic (exact) mass is 550 g/mol. The van der Waals surface area contributed by atoms with Crippen LogP contribution < -0.4 is 0 Å². The van der Waals surface area contributed by atoms with Crippen LogP contribution in [0.4, 0.5) is 0 Å². The summed E-state index contributed by atoms with van der Waals surface area (Å²) < 4.78 is 47.5. The molecule has 1 aliphatic carbocycles. The van der Waals surface area contributed by atoms with Crippen molar-refractivity contribution in [2.75, 3.05) is 13.2 Å². The highest BCUT2D eigenvalue weighted by Gasteiger charge is 2.63. The van der Waals surface area contributed by atoms with Gasteiger partial charge in [-0.25, -0.2) is 4.57 Å². The highest BCUT2D eigenvalue weighted by Crippen LogP contribution is 2.54. The summed E-state index contributed by atoms with van der Waals surface area (Å²) in [6.45, 7) is 3.97. The van der Waals surface area contributed by atoms with Crippen LogP contribution in [-0.2, 0) is 32.3 Å². The Kier molecular flexibility index (Phi) is 14.3. The molecule has 10 heteroatoms. The van der Waals surface area contributed by atoms with E-state index in [1.54, 1.807) is 0 Å². The smallest absolute Gasteiger partial charge is 0.387 e. The summed E-state index contributed by atoms with van der Waals surface area (Å²) in [5.74, 6) is 0. The van der Waals surface area contributed by atoms with E-state index in [4.69, 9.17) is 27.8 Å². The number of hydrogen-bond donors (Lipinski definition) is 2. The SMILES string of the molecule is CCCCCCCCCCOP(=O)(OCCCCCCCCCC)OC1[C@H]2OC3OC([C@@H]2O)[C@H](O)[C@H]1O3. The Morgan fingerprint density at radius 3 is 1.41 bits per heavy atom. The van der Waals surface area contributed by atoms with Crippen molar-refractivity contribution >= 4 is 7.82 Å². The first-order valence-corrected chi connectivity index (χ1v) is 16.3. The van der Waals surface area contributed by atoms with Gasteiger partial charge in [-0.15, -0.1) is 0 Å². The maximum absolute atomic E-state index is 13.7. The molecule has 4 rings (SSSR count). The maximum Gasteiger partial charge on any atom is 0.475 e. The van der Waals surface area contributed by atoms with Gasteiger partial charge in [0.05, 0.1) is 13.2 Å². The summed E-state index contributed by atoms with van der Waals surface area (Å²) in [5.41, 5.74) is 0. The van der Waals surface area contributed by atoms with Crippen LogP contribution in [0.25, 0.3) is 0 Å². The summed E-state index contributed by atoms with van der Waals surface area (Å²) >= 11 is 0. The lowest BCUT2D eigenvalue weighted by Gasteiger charge is -2.56. The molecular weight excluding hydrogens is 499 g/mol. The first kappa shape index (κ1) is 31.4. The van der Waals surface area contributed by atoms with Crippen LogP contribution in [0.3, 0.4) is 0 Å². The number of aliphatic hydroxyl groups is 2. The van der Waals surface area contributed by atoms with Gasteiger partial charge in [-0.05, 0) is 12.8 Å². The molecular formula is C27H51O9P. The lowest BCUT2D eigenvalue weighted by Crippen LogP contribution is -2.75. The molecule has 3 unspecified atom stereocenters. The number of unbranched alkanes of at least 4 members (excludes halogenated alkanes) is 14. The fourth-order valence-electron chi connectivity index (χ4n) is 5.30. The van der Waals surface area contributed by atoms with Gasteiger partial charge in [0, 0.05) is 0 Å². The second-order valence-corrected chi connectivity index (χ2v) is 12.3. The summed E-state index contributed by atoms with van der Waals surface area (Å²) in [4.78, 5) is 0. The molecule has 4 bridgehead atoms. The van der Waals surface area contributed by atoms with Gasteiger partial charge in [-0.2, -0.15) is 0 Å². The fraction of sp³-hybridized carbons (Fsp3) is 1.00. The quantitative estimate of drug-likeness (QED) is 0.124. The topological polar surface area (TPSA) is 113 Å². The van der Waals surface area contributed by atoms with Gasteiger partial charge in [0.1, 0.15) is 36.6 Å². The van der Waals surface area contributed by atoms with Gasteiger partial charge < -0.3 is 24.4 Å². The van der Waals surface area contributed by atoms with Gasteiger partial charge in [0.2, 0.25) is 0 Å². The van der Waals surface area contributed by atoms with E-state index in [0.29, 0.717) is 0 Å². The lowest BCUT2D eigenvalue weighted by molar-refractivity contribution is -0.479. The van der Waals surface area contributed by atoms with Crippen molar-refractivity contribution in [2.45, 2.75) is 160 Å². The van der Waals surface area contributed by atoms with E-state index in [2.05, 4.69) is 13.8 Å². The van der Waals surface area contributed by atoms with Crippen LogP contribution in [0.2, 0.25) is 0 Å². The zero-order valence-electron chi connectivity index (χ0n) is 23.0. The van der Waals surface area contributed by atoms with Crippen molar-refractivity contribution in [1.29, 1.82) is 0 Å². The largest absolute Gasteiger partial charge is 0.475 e. The Balaban J connectivity index is 1.45. The zero-order chi connectivity index (χ0) is 26.5. The molecule has 9 nitrogen and oxygen atoms in total. The Bertz CT molecular complexity index is 620. The molecule has 3 saturated heterocycles. The predicted octanol–water partition coefficient (Wildman–Crippen LogP) is 6.00. The van der Waals surface area contributed by atoms with Crippen LogP contribution in [0.1, 0.15) is 117 Å². The molecule has 7 atom stereocenters.